The average molecular weight is 356 g/mol. The van der Waals surface area contributed by atoms with E-state index in [0.29, 0.717) is 11.5 Å². The SMILES string of the molecule is CSc1nc2ccc(NC(=O)c3nc4nccc(C)n4n3)cc2s1. The van der Waals surface area contributed by atoms with Gasteiger partial charge in [0.15, 0.2) is 4.34 Å². The maximum absolute atomic E-state index is 12.4. The lowest BCUT2D eigenvalue weighted by molar-refractivity contribution is 0.101. The second kappa shape index (κ2) is 5.84. The highest BCUT2D eigenvalue weighted by molar-refractivity contribution is 8.00. The van der Waals surface area contributed by atoms with Gasteiger partial charge in [0, 0.05) is 17.6 Å². The monoisotopic (exact) mass is 356 g/mol. The molecule has 4 rings (SSSR count). The fourth-order valence-corrected chi connectivity index (χ4v) is 3.79. The average Bonchev–Trinajstić information content (AvgIpc) is 3.18. The number of anilines is 1. The van der Waals surface area contributed by atoms with E-state index >= 15 is 0 Å². The van der Waals surface area contributed by atoms with Crippen LogP contribution in [0.25, 0.3) is 16.0 Å². The quantitative estimate of drug-likeness (QED) is 0.568. The molecule has 0 aliphatic heterocycles. The van der Waals surface area contributed by atoms with Gasteiger partial charge >= 0.3 is 0 Å². The highest BCUT2D eigenvalue weighted by Crippen LogP contribution is 2.30. The number of thioether (sulfide) groups is 1. The Hall–Kier alpha value is -2.52. The van der Waals surface area contributed by atoms with Crippen molar-refractivity contribution in [2.24, 2.45) is 0 Å². The number of aryl methyl sites for hydroxylation is 1. The number of benzene rings is 1. The van der Waals surface area contributed by atoms with E-state index in [4.69, 9.17) is 0 Å². The van der Waals surface area contributed by atoms with Crippen LogP contribution in [0.1, 0.15) is 16.3 Å². The highest BCUT2D eigenvalue weighted by Gasteiger charge is 2.15. The van der Waals surface area contributed by atoms with Crippen LogP contribution in [0.4, 0.5) is 5.69 Å². The van der Waals surface area contributed by atoms with E-state index in [-0.39, 0.29) is 11.7 Å². The third kappa shape index (κ3) is 2.61. The molecule has 0 fully saturated rings. The Morgan fingerprint density at radius 1 is 1.29 bits per heavy atom. The van der Waals surface area contributed by atoms with Crippen LogP contribution in [-0.4, -0.2) is 36.7 Å². The predicted octanol–water partition coefficient (Wildman–Crippen LogP) is 3.02. The van der Waals surface area contributed by atoms with Gasteiger partial charge in [0.2, 0.25) is 5.82 Å². The summed E-state index contributed by atoms with van der Waals surface area (Å²) in [4.78, 5) is 25.2. The summed E-state index contributed by atoms with van der Waals surface area (Å²) in [6.45, 7) is 1.88. The molecule has 0 radical (unpaired) electrons. The summed E-state index contributed by atoms with van der Waals surface area (Å²) in [7, 11) is 0. The third-order valence-electron chi connectivity index (χ3n) is 3.43. The second-order valence-electron chi connectivity index (χ2n) is 5.05. The van der Waals surface area contributed by atoms with E-state index in [1.807, 2.05) is 37.4 Å². The molecule has 24 heavy (non-hydrogen) atoms. The third-order valence-corrected chi connectivity index (χ3v) is 5.44. The van der Waals surface area contributed by atoms with Crippen LogP contribution >= 0.6 is 23.1 Å². The van der Waals surface area contributed by atoms with Crippen molar-refractivity contribution in [2.45, 2.75) is 11.3 Å². The van der Waals surface area contributed by atoms with Gasteiger partial charge in [-0.25, -0.2) is 14.5 Å². The van der Waals surface area contributed by atoms with Crippen molar-refractivity contribution in [3.8, 4) is 0 Å². The number of nitrogens with zero attached hydrogens (tertiary/aromatic N) is 5. The summed E-state index contributed by atoms with van der Waals surface area (Å²) in [5.74, 6) is 0.127. The number of carbonyl (C=O) groups excluding carboxylic acids is 1. The minimum Gasteiger partial charge on any atom is -0.319 e. The van der Waals surface area contributed by atoms with Gasteiger partial charge in [-0.05, 0) is 37.4 Å². The number of hydrogen-bond acceptors (Lipinski definition) is 7. The molecule has 120 valence electrons. The molecule has 0 saturated carbocycles. The fraction of sp³-hybridized carbons (Fsp3) is 0.133. The number of rotatable bonds is 3. The highest BCUT2D eigenvalue weighted by atomic mass is 32.2. The first-order valence-electron chi connectivity index (χ1n) is 7.08. The maximum atomic E-state index is 12.4. The van der Waals surface area contributed by atoms with Crippen LogP contribution in [0.3, 0.4) is 0 Å². The Bertz CT molecular complexity index is 1070. The van der Waals surface area contributed by atoms with Gasteiger partial charge in [-0.1, -0.05) is 11.8 Å². The zero-order valence-corrected chi connectivity index (χ0v) is 14.5. The number of carbonyl (C=O) groups is 1. The van der Waals surface area contributed by atoms with Gasteiger partial charge in [-0.15, -0.1) is 16.4 Å². The molecule has 7 nitrogen and oxygen atoms in total. The van der Waals surface area contributed by atoms with E-state index in [2.05, 4.69) is 25.4 Å². The predicted molar refractivity (Wildman–Crippen MR) is 94.9 cm³/mol. The topological polar surface area (TPSA) is 85.1 Å². The molecule has 3 heterocycles. The number of hydrogen-bond donors (Lipinski definition) is 1. The molecule has 0 atom stereocenters. The molecule has 0 aliphatic rings. The standard InChI is InChI=1S/C15H12N6OS2/c1-8-5-6-16-14-19-12(20-21(8)14)13(22)17-9-3-4-10-11(7-9)24-15(18-10)23-2/h3-7H,1-2H3,(H,17,22). The van der Waals surface area contributed by atoms with Crippen molar-refractivity contribution in [2.75, 3.05) is 11.6 Å². The number of aromatic nitrogens is 5. The van der Waals surface area contributed by atoms with Gasteiger partial charge in [0.25, 0.3) is 11.7 Å². The van der Waals surface area contributed by atoms with Gasteiger partial charge in [0.05, 0.1) is 10.2 Å². The molecule has 0 bridgehead atoms. The second-order valence-corrected chi connectivity index (χ2v) is 7.14. The summed E-state index contributed by atoms with van der Waals surface area (Å²) in [5, 5.41) is 7.03. The molecule has 3 aromatic heterocycles. The molecule has 0 unspecified atom stereocenters. The minimum absolute atomic E-state index is 0.0889. The zero-order valence-electron chi connectivity index (χ0n) is 12.8. The molecule has 0 saturated heterocycles. The van der Waals surface area contributed by atoms with Crippen molar-refractivity contribution in [1.82, 2.24) is 24.6 Å². The van der Waals surface area contributed by atoms with Gasteiger partial charge in [-0.3, -0.25) is 4.79 Å². The summed E-state index contributed by atoms with van der Waals surface area (Å²) in [6.07, 6.45) is 3.63. The van der Waals surface area contributed by atoms with Crippen molar-refractivity contribution < 1.29 is 4.79 Å². The van der Waals surface area contributed by atoms with E-state index in [9.17, 15) is 4.79 Å². The molecular weight excluding hydrogens is 344 g/mol. The first-order chi connectivity index (χ1) is 11.6. The summed E-state index contributed by atoms with van der Waals surface area (Å²) in [6, 6.07) is 7.43. The molecule has 1 N–H and O–H groups in total. The molecule has 0 aliphatic carbocycles. The number of thiazole rings is 1. The molecular formula is C15H12N6OS2. The van der Waals surface area contributed by atoms with E-state index in [1.54, 1.807) is 33.8 Å². The Balaban J connectivity index is 1.63. The lowest BCUT2D eigenvalue weighted by Gasteiger charge is -2.01. The maximum Gasteiger partial charge on any atom is 0.295 e. The number of amides is 1. The van der Waals surface area contributed by atoms with Crippen LogP contribution in [0.2, 0.25) is 0 Å². The number of fused-ring (bicyclic) bond motifs is 2. The Kier molecular flexibility index (Phi) is 3.66. The molecule has 1 amide bonds. The van der Waals surface area contributed by atoms with Crippen LogP contribution in [0.15, 0.2) is 34.8 Å². The van der Waals surface area contributed by atoms with Gasteiger partial charge < -0.3 is 5.32 Å². The van der Waals surface area contributed by atoms with Gasteiger partial charge in [0.1, 0.15) is 0 Å². The minimum atomic E-state index is -0.367. The molecule has 4 aromatic rings. The Labute approximate surface area is 145 Å². The molecule has 0 spiro atoms. The Morgan fingerprint density at radius 3 is 2.96 bits per heavy atom. The molecule has 9 heteroatoms. The van der Waals surface area contributed by atoms with Crippen LogP contribution in [0.5, 0.6) is 0 Å². The molecule has 1 aromatic carbocycles. The fourth-order valence-electron chi connectivity index (χ4n) is 2.26. The number of nitrogens with one attached hydrogen (secondary N) is 1. The summed E-state index contributed by atoms with van der Waals surface area (Å²) in [5.41, 5.74) is 2.47. The van der Waals surface area contributed by atoms with Crippen molar-refractivity contribution >= 4 is 50.7 Å². The zero-order chi connectivity index (χ0) is 16.7. The van der Waals surface area contributed by atoms with Gasteiger partial charge in [-0.2, -0.15) is 4.98 Å². The summed E-state index contributed by atoms with van der Waals surface area (Å²) >= 11 is 3.20. The van der Waals surface area contributed by atoms with Crippen LogP contribution < -0.4 is 5.32 Å². The van der Waals surface area contributed by atoms with Crippen LogP contribution in [-0.2, 0) is 0 Å². The normalized spacial score (nSPS) is 11.2. The summed E-state index contributed by atoms with van der Waals surface area (Å²) < 4.78 is 3.57. The first-order valence-corrected chi connectivity index (χ1v) is 9.12. The van der Waals surface area contributed by atoms with E-state index in [0.717, 1.165) is 20.3 Å². The van der Waals surface area contributed by atoms with Crippen molar-refractivity contribution in [1.29, 1.82) is 0 Å². The van der Waals surface area contributed by atoms with Crippen molar-refractivity contribution in [3.05, 3.63) is 42.0 Å². The smallest absolute Gasteiger partial charge is 0.295 e. The van der Waals surface area contributed by atoms with Crippen molar-refractivity contribution in [3.63, 3.8) is 0 Å². The van der Waals surface area contributed by atoms with Crippen LogP contribution in [0, 0.1) is 6.92 Å². The lowest BCUT2D eigenvalue weighted by atomic mass is 10.3. The Morgan fingerprint density at radius 2 is 2.17 bits per heavy atom. The largest absolute Gasteiger partial charge is 0.319 e. The first kappa shape index (κ1) is 15.0. The van der Waals surface area contributed by atoms with E-state index in [1.165, 1.54) is 0 Å². The van der Waals surface area contributed by atoms with E-state index < -0.39 is 0 Å². The lowest BCUT2D eigenvalue weighted by Crippen LogP contribution is -2.13.